The van der Waals surface area contributed by atoms with Crippen molar-refractivity contribution in [1.29, 1.82) is 0 Å². The SMILES string of the molecule is CCCC1CC(=O)NN=C1c1ccc2oc(-n3ccnc3)nc2c1. The Balaban J connectivity index is 1.73. The summed E-state index contributed by atoms with van der Waals surface area (Å²) in [7, 11) is 0. The molecule has 0 radical (unpaired) electrons. The molecule has 24 heavy (non-hydrogen) atoms. The Hall–Kier alpha value is -2.96. The first-order valence-electron chi connectivity index (χ1n) is 8.00. The van der Waals surface area contributed by atoms with Gasteiger partial charge in [0.2, 0.25) is 5.91 Å². The Morgan fingerprint density at radius 3 is 3.12 bits per heavy atom. The molecule has 4 rings (SSSR count). The van der Waals surface area contributed by atoms with Crippen molar-refractivity contribution >= 4 is 22.7 Å². The molecule has 3 aromatic rings. The van der Waals surface area contributed by atoms with Gasteiger partial charge in [-0.2, -0.15) is 10.1 Å². The van der Waals surface area contributed by atoms with Gasteiger partial charge in [0.1, 0.15) is 11.8 Å². The zero-order valence-electron chi connectivity index (χ0n) is 13.3. The topological polar surface area (TPSA) is 85.3 Å². The first kappa shape index (κ1) is 14.6. The van der Waals surface area contributed by atoms with Crippen LogP contribution in [0.3, 0.4) is 0 Å². The molecule has 7 heteroatoms. The van der Waals surface area contributed by atoms with E-state index in [1.165, 1.54) is 0 Å². The van der Waals surface area contributed by atoms with E-state index in [0.29, 0.717) is 18.0 Å². The van der Waals surface area contributed by atoms with Crippen molar-refractivity contribution in [2.24, 2.45) is 11.0 Å². The fourth-order valence-corrected chi connectivity index (χ4v) is 3.02. The summed E-state index contributed by atoms with van der Waals surface area (Å²) in [5.74, 6) is 0.114. The lowest BCUT2D eigenvalue weighted by molar-refractivity contribution is -0.122. The lowest BCUT2D eigenvalue weighted by Gasteiger charge is -2.22. The standard InChI is InChI=1S/C17H17N5O2/c1-2-3-11-9-15(23)20-21-16(11)12-4-5-14-13(8-12)19-17(24-14)22-7-6-18-10-22/h4-8,10-11H,2-3,9H2,1H3,(H,20,23). The molecule has 1 N–H and O–H groups in total. The Morgan fingerprint density at radius 2 is 2.33 bits per heavy atom. The van der Waals surface area contributed by atoms with Crippen LogP contribution in [0.5, 0.6) is 0 Å². The Bertz CT molecular complexity index is 910. The number of amides is 1. The highest BCUT2D eigenvalue weighted by molar-refractivity contribution is 6.07. The number of oxazole rings is 1. The molecular formula is C17H17N5O2. The van der Waals surface area contributed by atoms with Crippen molar-refractivity contribution in [3.8, 4) is 6.01 Å². The van der Waals surface area contributed by atoms with Crippen LogP contribution in [0.1, 0.15) is 31.7 Å². The van der Waals surface area contributed by atoms with Crippen molar-refractivity contribution in [3.05, 3.63) is 42.5 Å². The van der Waals surface area contributed by atoms with Crippen LogP contribution >= 0.6 is 0 Å². The number of imidazole rings is 1. The van der Waals surface area contributed by atoms with Crippen LogP contribution in [-0.4, -0.2) is 26.2 Å². The Morgan fingerprint density at radius 1 is 1.42 bits per heavy atom. The average molecular weight is 323 g/mol. The van der Waals surface area contributed by atoms with Crippen molar-refractivity contribution < 1.29 is 9.21 Å². The summed E-state index contributed by atoms with van der Waals surface area (Å²) >= 11 is 0. The minimum Gasteiger partial charge on any atom is -0.423 e. The van der Waals surface area contributed by atoms with Gasteiger partial charge in [-0.15, -0.1) is 0 Å². The van der Waals surface area contributed by atoms with Crippen LogP contribution in [-0.2, 0) is 4.79 Å². The second-order valence-electron chi connectivity index (χ2n) is 5.87. The summed E-state index contributed by atoms with van der Waals surface area (Å²) in [6.45, 7) is 2.11. The molecule has 1 amide bonds. The largest absolute Gasteiger partial charge is 0.423 e. The van der Waals surface area contributed by atoms with Gasteiger partial charge >= 0.3 is 6.01 Å². The number of fused-ring (bicyclic) bond motifs is 1. The van der Waals surface area contributed by atoms with Crippen LogP contribution in [0, 0.1) is 5.92 Å². The quantitative estimate of drug-likeness (QED) is 0.800. The molecule has 3 heterocycles. The molecule has 0 spiro atoms. The van der Waals surface area contributed by atoms with E-state index in [0.717, 1.165) is 29.6 Å². The molecule has 0 fully saturated rings. The lowest BCUT2D eigenvalue weighted by Crippen LogP contribution is -2.33. The summed E-state index contributed by atoms with van der Waals surface area (Å²) in [6, 6.07) is 6.28. The van der Waals surface area contributed by atoms with Crippen molar-refractivity contribution in [1.82, 2.24) is 20.0 Å². The maximum Gasteiger partial charge on any atom is 0.308 e. The maximum absolute atomic E-state index is 11.6. The second kappa shape index (κ2) is 5.92. The number of rotatable bonds is 4. The van der Waals surface area contributed by atoms with Crippen LogP contribution in [0.4, 0.5) is 0 Å². The number of carbonyl (C=O) groups excluding carboxylic acids is 1. The zero-order chi connectivity index (χ0) is 16.5. The highest BCUT2D eigenvalue weighted by atomic mass is 16.4. The number of carbonyl (C=O) groups is 1. The molecule has 0 saturated heterocycles. The van der Waals surface area contributed by atoms with E-state index >= 15 is 0 Å². The van der Waals surface area contributed by atoms with Crippen LogP contribution in [0.25, 0.3) is 17.1 Å². The number of nitrogens with zero attached hydrogens (tertiary/aromatic N) is 4. The van der Waals surface area contributed by atoms with E-state index in [9.17, 15) is 4.79 Å². The van der Waals surface area contributed by atoms with Crippen molar-refractivity contribution in [2.75, 3.05) is 0 Å². The highest BCUT2D eigenvalue weighted by Crippen LogP contribution is 2.25. The first-order chi connectivity index (χ1) is 11.7. The van der Waals surface area contributed by atoms with E-state index < -0.39 is 0 Å². The minimum absolute atomic E-state index is 0.0258. The van der Waals surface area contributed by atoms with Gasteiger partial charge in [-0.3, -0.25) is 9.36 Å². The average Bonchev–Trinajstić information content (AvgIpc) is 3.24. The summed E-state index contributed by atoms with van der Waals surface area (Å²) < 4.78 is 7.47. The van der Waals surface area contributed by atoms with Gasteiger partial charge in [0.05, 0.1) is 5.71 Å². The number of nitrogens with one attached hydrogen (secondary N) is 1. The molecule has 0 bridgehead atoms. The molecule has 0 aliphatic carbocycles. The second-order valence-corrected chi connectivity index (χ2v) is 5.87. The van der Waals surface area contributed by atoms with Crippen LogP contribution < -0.4 is 5.43 Å². The predicted molar refractivity (Wildman–Crippen MR) is 88.8 cm³/mol. The molecule has 1 atom stereocenters. The monoisotopic (exact) mass is 323 g/mol. The Kier molecular flexibility index (Phi) is 3.60. The lowest BCUT2D eigenvalue weighted by atomic mass is 9.88. The molecule has 1 aliphatic heterocycles. The molecule has 0 saturated carbocycles. The molecule has 1 aliphatic rings. The van der Waals surface area contributed by atoms with Gasteiger partial charge in [-0.1, -0.05) is 13.3 Å². The van der Waals surface area contributed by atoms with Gasteiger partial charge in [0.15, 0.2) is 5.58 Å². The highest BCUT2D eigenvalue weighted by Gasteiger charge is 2.25. The normalized spacial score (nSPS) is 17.8. The summed E-state index contributed by atoms with van der Waals surface area (Å²) in [5.41, 5.74) is 5.92. The smallest absolute Gasteiger partial charge is 0.308 e. The molecule has 1 unspecified atom stereocenters. The first-order valence-corrected chi connectivity index (χ1v) is 8.00. The number of hydrazone groups is 1. The van der Waals surface area contributed by atoms with Gasteiger partial charge < -0.3 is 4.42 Å². The van der Waals surface area contributed by atoms with E-state index in [1.54, 1.807) is 23.3 Å². The molecule has 122 valence electrons. The summed E-state index contributed by atoms with van der Waals surface area (Å²) in [6.07, 6.45) is 7.52. The van der Waals surface area contributed by atoms with Crippen molar-refractivity contribution in [3.63, 3.8) is 0 Å². The van der Waals surface area contributed by atoms with Crippen LogP contribution in [0.15, 0.2) is 46.4 Å². The summed E-state index contributed by atoms with van der Waals surface area (Å²) in [4.78, 5) is 20.1. The minimum atomic E-state index is -0.0258. The van der Waals surface area contributed by atoms with E-state index in [1.807, 2.05) is 18.2 Å². The molecular weight excluding hydrogens is 306 g/mol. The summed E-state index contributed by atoms with van der Waals surface area (Å²) in [5, 5.41) is 4.29. The third kappa shape index (κ3) is 2.58. The molecule has 1 aromatic carbocycles. The van der Waals surface area contributed by atoms with Gasteiger partial charge in [0, 0.05) is 30.3 Å². The third-order valence-corrected chi connectivity index (χ3v) is 4.15. The maximum atomic E-state index is 11.6. The van der Waals surface area contributed by atoms with E-state index in [2.05, 4.69) is 27.4 Å². The van der Waals surface area contributed by atoms with Gasteiger partial charge in [-0.05, 0) is 24.6 Å². The predicted octanol–water partition coefficient (Wildman–Crippen LogP) is 2.65. The molecule has 7 nitrogen and oxygen atoms in total. The Labute approximate surface area is 138 Å². The van der Waals surface area contributed by atoms with Gasteiger partial charge in [0.25, 0.3) is 0 Å². The zero-order valence-corrected chi connectivity index (χ0v) is 13.3. The number of hydrogen-bond donors (Lipinski definition) is 1. The fourth-order valence-electron chi connectivity index (χ4n) is 3.02. The van der Waals surface area contributed by atoms with Crippen molar-refractivity contribution in [2.45, 2.75) is 26.2 Å². The fraction of sp³-hybridized carbons (Fsp3) is 0.294. The van der Waals surface area contributed by atoms with E-state index in [4.69, 9.17) is 4.42 Å². The van der Waals surface area contributed by atoms with Gasteiger partial charge in [-0.25, -0.2) is 10.4 Å². The number of aromatic nitrogens is 3. The third-order valence-electron chi connectivity index (χ3n) is 4.15. The molecule has 2 aromatic heterocycles. The van der Waals surface area contributed by atoms with Crippen LogP contribution in [0.2, 0.25) is 0 Å². The number of hydrogen-bond acceptors (Lipinski definition) is 5. The number of benzene rings is 1. The van der Waals surface area contributed by atoms with E-state index in [-0.39, 0.29) is 11.8 Å².